The Morgan fingerprint density at radius 1 is 0.727 bits per heavy atom. The summed E-state index contributed by atoms with van der Waals surface area (Å²) in [6.45, 7) is 10.4. The summed E-state index contributed by atoms with van der Waals surface area (Å²) < 4.78 is 0. The van der Waals surface area contributed by atoms with Gasteiger partial charge in [0.15, 0.2) is 0 Å². The van der Waals surface area contributed by atoms with Crippen molar-refractivity contribution in [3.8, 4) is 22.3 Å². The maximum absolute atomic E-state index is 2.58. The van der Waals surface area contributed by atoms with Crippen LogP contribution in [0, 0.1) is 0 Å². The summed E-state index contributed by atoms with van der Waals surface area (Å²) in [5.74, 6) is 0. The van der Waals surface area contributed by atoms with Gasteiger partial charge >= 0.3 is 0 Å². The molecule has 0 saturated carbocycles. The van der Waals surface area contributed by atoms with Gasteiger partial charge in [-0.3, -0.25) is 4.90 Å². The van der Waals surface area contributed by atoms with E-state index in [1.54, 1.807) is 0 Å². The molecule has 2 aliphatic rings. The topological polar surface area (TPSA) is 6.48 Å². The summed E-state index contributed by atoms with van der Waals surface area (Å²) in [5, 5.41) is 2.68. The van der Waals surface area contributed by atoms with E-state index in [-0.39, 0.29) is 5.41 Å². The summed E-state index contributed by atoms with van der Waals surface area (Å²) in [6.07, 6.45) is 0. The highest BCUT2D eigenvalue weighted by molar-refractivity contribution is 6.02. The lowest BCUT2D eigenvalue weighted by atomic mass is 9.81. The van der Waals surface area contributed by atoms with Crippen molar-refractivity contribution in [2.75, 3.05) is 33.2 Å². The fourth-order valence-electron chi connectivity index (χ4n) is 5.80. The SMILES string of the molecule is CN1CCN(Cc2cccc(-c3ccc4c(c3)C(C)(C)c3ccc5ccccc5c3-4)c2)CC1. The summed E-state index contributed by atoms with van der Waals surface area (Å²) in [6, 6.07) is 29.7. The summed E-state index contributed by atoms with van der Waals surface area (Å²) in [5.41, 5.74) is 9.74. The van der Waals surface area contributed by atoms with Crippen LogP contribution in [0.2, 0.25) is 0 Å². The van der Waals surface area contributed by atoms with Gasteiger partial charge in [0.2, 0.25) is 0 Å². The lowest BCUT2D eigenvalue weighted by Crippen LogP contribution is -2.43. The third-order valence-electron chi connectivity index (χ3n) is 7.83. The highest BCUT2D eigenvalue weighted by atomic mass is 15.2. The van der Waals surface area contributed by atoms with E-state index >= 15 is 0 Å². The minimum Gasteiger partial charge on any atom is -0.304 e. The average molecular weight is 433 g/mol. The molecule has 4 aromatic rings. The number of rotatable bonds is 3. The molecule has 1 aliphatic carbocycles. The standard InChI is InChI=1S/C31H32N2/c1-31(2)28-14-12-23-8-4-5-10-26(23)30(28)27-13-11-25(20-29(27)31)24-9-6-7-22(19-24)21-33-17-15-32(3)16-18-33/h4-14,19-20H,15-18,21H2,1-3H3. The van der Waals surface area contributed by atoms with E-state index < -0.39 is 0 Å². The van der Waals surface area contributed by atoms with Crippen LogP contribution in [0.25, 0.3) is 33.0 Å². The summed E-state index contributed by atoms with van der Waals surface area (Å²) >= 11 is 0. The Morgan fingerprint density at radius 3 is 2.36 bits per heavy atom. The van der Waals surface area contributed by atoms with Crippen LogP contribution in [0.5, 0.6) is 0 Å². The van der Waals surface area contributed by atoms with Crippen LogP contribution in [-0.4, -0.2) is 43.0 Å². The van der Waals surface area contributed by atoms with Gasteiger partial charge in [0, 0.05) is 38.1 Å². The molecule has 1 saturated heterocycles. The zero-order chi connectivity index (χ0) is 22.6. The third-order valence-corrected chi connectivity index (χ3v) is 7.83. The Labute approximate surface area is 197 Å². The molecule has 0 bridgehead atoms. The van der Waals surface area contributed by atoms with Crippen molar-refractivity contribution in [3.05, 3.63) is 95.6 Å². The van der Waals surface area contributed by atoms with Crippen molar-refractivity contribution in [2.45, 2.75) is 25.8 Å². The monoisotopic (exact) mass is 432 g/mol. The molecule has 0 radical (unpaired) electrons. The molecule has 0 aromatic heterocycles. The van der Waals surface area contributed by atoms with Crippen LogP contribution in [-0.2, 0) is 12.0 Å². The first-order valence-electron chi connectivity index (χ1n) is 12.2. The quantitative estimate of drug-likeness (QED) is 0.362. The van der Waals surface area contributed by atoms with Crippen molar-refractivity contribution >= 4 is 10.8 Å². The first-order chi connectivity index (χ1) is 16.0. The zero-order valence-corrected chi connectivity index (χ0v) is 19.9. The number of fused-ring (bicyclic) bond motifs is 5. The molecular weight excluding hydrogens is 400 g/mol. The van der Waals surface area contributed by atoms with Crippen molar-refractivity contribution in [3.63, 3.8) is 0 Å². The molecule has 1 aliphatic heterocycles. The Balaban J connectivity index is 1.37. The predicted molar refractivity (Wildman–Crippen MR) is 140 cm³/mol. The molecule has 2 nitrogen and oxygen atoms in total. The Bertz CT molecular complexity index is 1340. The minimum absolute atomic E-state index is 0.00213. The Kier molecular flexibility index (Phi) is 4.90. The number of likely N-dealkylation sites (N-methyl/N-ethyl adjacent to an activating group) is 1. The predicted octanol–water partition coefficient (Wildman–Crippen LogP) is 6.56. The second kappa shape index (κ2) is 7.83. The molecule has 6 rings (SSSR count). The number of piperazine rings is 1. The lowest BCUT2D eigenvalue weighted by Gasteiger charge is -2.32. The average Bonchev–Trinajstić information content (AvgIpc) is 3.07. The van der Waals surface area contributed by atoms with Gasteiger partial charge in [-0.1, -0.05) is 80.6 Å². The largest absolute Gasteiger partial charge is 0.304 e. The molecular formula is C31H32N2. The molecule has 1 fully saturated rings. The van der Waals surface area contributed by atoms with E-state index in [1.807, 2.05) is 0 Å². The van der Waals surface area contributed by atoms with Crippen LogP contribution >= 0.6 is 0 Å². The maximum Gasteiger partial charge on any atom is 0.0235 e. The van der Waals surface area contributed by atoms with E-state index in [0.717, 1.165) is 32.7 Å². The highest BCUT2D eigenvalue weighted by Crippen LogP contribution is 2.52. The Morgan fingerprint density at radius 2 is 1.52 bits per heavy atom. The van der Waals surface area contributed by atoms with Gasteiger partial charge in [-0.25, -0.2) is 0 Å². The van der Waals surface area contributed by atoms with Crippen LogP contribution in [0.15, 0.2) is 78.9 Å². The number of hydrogen-bond donors (Lipinski definition) is 0. The molecule has 0 spiro atoms. The van der Waals surface area contributed by atoms with E-state index in [1.165, 1.54) is 49.7 Å². The van der Waals surface area contributed by atoms with E-state index in [0.29, 0.717) is 0 Å². The van der Waals surface area contributed by atoms with Crippen LogP contribution < -0.4 is 0 Å². The minimum atomic E-state index is 0.00213. The van der Waals surface area contributed by atoms with Gasteiger partial charge in [-0.05, 0) is 68.9 Å². The van der Waals surface area contributed by atoms with Crippen LogP contribution in [0.4, 0.5) is 0 Å². The van der Waals surface area contributed by atoms with E-state index in [4.69, 9.17) is 0 Å². The van der Waals surface area contributed by atoms with Gasteiger partial charge in [0.05, 0.1) is 0 Å². The molecule has 4 aromatic carbocycles. The smallest absolute Gasteiger partial charge is 0.0235 e. The van der Waals surface area contributed by atoms with Crippen LogP contribution in [0.3, 0.4) is 0 Å². The second-order valence-corrected chi connectivity index (χ2v) is 10.4. The fraction of sp³-hybridized carbons (Fsp3) is 0.290. The van der Waals surface area contributed by atoms with E-state index in [9.17, 15) is 0 Å². The molecule has 0 unspecified atom stereocenters. The first-order valence-corrected chi connectivity index (χ1v) is 12.2. The van der Waals surface area contributed by atoms with Gasteiger partial charge in [-0.2, -0.15) is 0 Å². The van der Waals surface area contributed by atoms with Gasteiger partial charge in [0.25, 0.3) is 0 Å². The van der Waals surface area contributed by atoms with Crippen molar-refractivity contribution in [1.29, 1.82) is 0 Å². The number of nitrogens with zero attached hydrogens (tertiary/aromatic N) is 2. The van der Waals surface area contributed by atoms with Gasteiger partial charge in [0.1, 0.15) is 0 Å². The molecule has 0 amide bonds. The third kappa shape index (κ3) is 3.49. The second-order valence-electron chi connectivity index (χ2n) is 10.4. The highest BCUT2D eigenvalue weighted by Gasteiger charge is 2.36. The molecule has 0 N–H and O–H groups in total. The van der Waals surface area contributed by atoms with Crippen molar-refractivity contribution in [1.82, 2.24) is 9.80 Å². The molecule has 166 valence electrons. The number of benzene rings is 4. The lowest BCUT2D eigenvalue weighted by molar-refractivity contribution is 0.148. The van der Waals surface area contributed by atoms with Crippen molar-refractivity contribution in [2.24, 2.45) is 0 Å². The molecule has 33 heavy (non-hydrogen) atoms. The van der Waals surface area contributed by atoms with Gasteiger partial charge in [-0.15, -0.1) is 0 Å². The summed E-state index contributed by atoms with van der Waals surface area (Å²) in [7, 11) is 2.22. The normalized spacial score (nSPS) is 17.8. The maximum atomic E-state index is 2.58. The fourth-order valence-corrected chi connectivity index (χ4v) is 5.80. The zero-order valence-electron chi connectivity index (χ0n) is 19.9. The Hall–Kier alpha value is -2.94. The molecule has 1 heterocycles. The first kappa shape index (κ1) is 20.7. The van der Waals surface area contributed by atoms with Crippen molar-refractivity contribution < 1.29 is 0 Å². The van der Waals surface area contributed by atoms with Gasteiger partial charge < -0.3 is 4.90 Å². The summed E-state index contributed by atoms with van der Waals surface area (Å²) in [4.78, 5) is 4.99. The van der Waals surface area contributed by atoms with E-state index in [2.05, 4.69) is 110 Å². The molecule has 2 heteroatoms. The number of hydrogen-bond acceptors (Lipinski definition) is 2. The molecule has 0 atom stereocenters. The van der Waals surface area contributed by atoms with Crippen LogP contribution in [0.1, 0.15) is 30.5 Å².